The van der Waals surface area contributed by atoms with Gasteiger partial charge in [0.1, 0.15) is 5.03 Å². The Balaban J connectivity index is 1.80. The number of carbonyl (C=O) groups is 1. The van der Waals surface area contributed by atoms with Crippen molar-refractivity contribution in [3.63, 3.8) is 0 Å². The van der Waals surface area contributed by atoms with Crippen molar-refractivity contribution in [3.8, 4) is 11.5 Å². The lowest BCUT2D eigenvalue weighted by molar-refractivity contribution is -0.131. The first kappa shape index (κ1) is 17.9. The van der Waals surface area contributed by atoms with Crippen molar-refractivity contribution in [1.29, 1.82) is 0 Å². The summed E-state index contributed by atoms with van der Waals surface area (Å²) < 4.78 is 10.9. The molecule has 3 rings (SSSR count). The number of nitrogens with zero attached hydrogens (tertiary/aromatic N) is 2. The molecular weight excluding hydrogens is 336 g/mol. The predicted octanol–water partition coefficient (Wildman–Crippen LogP) is 4.01. The third kappa shape index (κ3) is 3.68. The number of fused-ring (bicyclic) bond motifs is 2. The Morgan fingerprint density at radius 3 is 2.44 bits per heavy atom. The van der Waals surface area contributed by atoms with Crippen molar-refractivity contribution in [2.75, 3.05) is 12.5 Å². The SMILES string of the molecule is Cc1cc2cc3c(cc2nc1SCC(=O)N(C(C)C)C(C)C)OCO3. The number of hydrogen-bond acceptors (Lipinski definition) is 5. The molecule has 0 N–H and O–H groups in total. The second-order valence-electron chi connectivity index (χ2n) is 6.79. The fourth-order valence-corrected chi connectivity index (χ4v) is 4.03. The highest BCUT2D eigenvalue weighted by molar-refractivity contribution is 7.99. The van der Waals surface area contributed by atoms with Crippen LogP contribution in [0.15, 0.2) is 23.2 Å². The van der Waals surface area contributed by atoms with Gasteiger partial charge in [0.2, 0.25) is 12.7 Å². The van der Waals surface area contributed by atoms with Gasteiger partial charge in [-0.3, -0.25) is 4.79 Å². The number of benzene rings is 1. The zero-order valence-corrected chi connectivity index (χ0v) is 16.1. The minimum absolute atomic E-state index is 0.141. The fourth-order valence-electron chi connectivity index (χ4n) is 3.17. The van der Waals surface area contributed by atoms with Crippen LogP contribution in [0.2, 0.25) is 0 Å². The van der Waals surface area contributed by atoms with Crippen LogP contribution in [-0.2, 0) is 4.79 Å². The first-order valence-corrected chi connectivity index (χ1v) is 9.50. The molecule has 0 bridgehead atoms. The molecule has 6 heteroatoms. The molecule has 0 aliphatic carbocycles. The quantitative estimate of drug-likeness (QED) is 0.754. The molecule has 1 amide bonds. The fraction of sp³-hybridized carbons (Fsp3) is 0.474. The van der Waals surface area contributed by atoms with Gasteiger partial charge in [-0.1, -0.05) is 11.8 Å². The molecule has 0 radical (unpaired) electrons. The van der Waals surface area contributed by atoms with Crippen molar-refractivity contribution in [1.82, 2.24) is 9.88 Å². The smallest absolute Gasteiger partial charge is 0.233 e. The van der Waals surface area contributed by atoms with E-state index in [1.165, 1.54) is 11.8 Å². The van der Waals surface area contributed by atoms with Crippen molar-refractivity contribution >= 4 is 28.6 Å². The summed E-state index contributed by atoms with van der Waals surface area (Å²) in [7, 11) is 0. The average molecular weight is 360 g/mol. The van der Waals surface area contributed by atoms with Gasteiger partial charge in [0.25, 0.3) is 0 Å². The third-order valence-corrected chi connectivity index (χ3v) is 5.26. The molecule has 0 saturated carbocycles. The van der Waals surface area contributed by atoms with Gasteiger partial charge < -0.3 is 14.4 Å². The maximum atomic E-state index is 12.6. The Morgan fingerprint density at radius 1 is 1.16 bits per heavy atom. The number of pyridine rings is 1. The van der Waals surface area contributed by atoms with Crippen molar-refractivity contribution in [3.05, 3.63) is 23.8 Å². The minimum Gasteiger partial charge on any atom is -0.454 e. The summed E-state index contributed by atoms with van der Waals surface area (Å²) in [5, 5.41) is 1.90. The first-order chi connectivity index (χ1) is 11.9. The number of hydrogen-bond donors (Lipinski definition) is 0. The van der Waals surface area contributed by atoms with Gasteiger partial charge in [0, 0.05) is 23.5 Å². The molecule has 2 heterocycles. The molecule has 1 aromatic heterocycles. The minimum atomic E-state index is 0.141. The lowest BCUT2D eigenvalue weighted by atomic mass is 10.1. The summed E-state index contributed by atoms with van der Waals surface area (Å²) in [6, 6.07) is 6.32. The van der Waals surface area contributed by atoms with E-state index in [0.717, 1.165) is 33.0 Å². The van der Waals surface area contributed by atoms with Gasteiger partial charge in [0.05, 0.1) is 11.3 Å². The molecule has 2 aromatic rings. The van der Waals surface area contributed by atoms with Gasteiger partial charge in [0.15, 0.2) is 11.5 Å². The van der Waals surface area contributed by atoms with Crippen LogP contribution in [0.5, 0.6) is 11.5 Å². The number of ether oxygens (including phenoxy) is 2. The number of aryl methyl sites for hydroxylation is 1. The van der Waals surface area contributed by atoms with E-state index < -0.39 is 0 Å². The Morgan fingerprint density at radius 2 is 1.80 bits per heavy atom. The highest BCUT2D eigenvalue weighted by atomic mass is 32.2. The lowest BCUT2D eigenvalue weighted by Gasteiger charge is -2.30. The Labute approximate surface area is 152 Å². The van der Waals surface area contributed by atoms with Gasteiger partial charge in [-0.05, 0) is 52.3 Å². The molecule has 0 fully saturated rings. The Bertz CT molecular complexity index is 797. The number of amides is 1. The molecular formula is C19H24N2O3S. The molecule has 134 valence electrons. The van der Waals surface area contributed by atoms with E-state index in [9.17, 15) is 4.79 Å². The van der Waals surface area contributed by atoms with E-state index in [1.54, 1.807) is 0 Å². The van der Waals surface area contributed by atoms with Crippen LogP contribution >= 0.6 is 11.8 Å². The highest BCUT2D eigenvalue weighted by Crippen LogP contribution is 2.36. The molecule has 0 saturated heterocycles. The van der Waals surface area contributed by atoms with Crippen LogP contribution in [0.3, 0.4) is 0 Å². The molecule has 25 heavy (non-hydrogen) atoms. The number of aromatic nitrogens is 1. The summed E-state index contributed by atoms with van der Waals surface area (Å²) >= 11 is 1.49. The van der Waals surface area contributed by atoms with E-state index in [1.807, 2.05) is 51.7 Å². The van der Waals surface area contributed by atoms with E-state index in [4.69, 9.17) is 14.5 Å². The van der Waals surface area contributed by atoms with Gasteiger partial charge in [-0.25, -0.2) is 4.98 Å². The third-order valence-electron chi connectivity index (χ3n) is 4.19. The highest BCUT2D eigenvalue weighted by Gasteiger charge is 2.21. The van der Waals surface area contributed by atoms with Gasteiger partial charge >= 0.3 is 0 Å². The van der Waals surface area contributed by atoms with Crippen LogP contribution in [0.1, 0.15) is 33.3 Å². The zero-order valence-electron chi connectivity index (χ0n) is 15.3. The van der Waals surface area contributed by atoms with E-state index >= 15 is 0 Å². The van der Waals surface area contributed by atoms with E-state index in [2.05, 4.69) is 6.07 Å². The summed E-state index contributed by atoms with van der Waals surface area (Å²) in [6.45, 7) is 10.5. The van der Waals surface area contributed by atoms with Crippen LogP contribution in [0.25, 0.3) is 10.9 Å². The molecule has 1 aromatic carbocycles. The zero-order chi connectivity index (χ0) is 18.1. The van der Waals surface area contributed by atoms with Gasteiger partial charge in [-0.2, -0.15) is 0 Å². The molecule has 1 aliphatic rings. The second kappa shape index (κ2) is 7.12. The van der Waals surface area contributed by atoms with Crippen molar-refractivity contribution in [2.24, 2.45) is 0 Å². The lowest BCUT2D eigenvalue weighted by Crippen LogP contribution is -2.43. The molecule has 0 spiro atoms. The second-order valence-corrected chi connectivity index (χ2v) is 7.75. The largest absolute Gasteiger partial charge is 0.454 e. The normalized spacial score (nSPS) is 13.1. The summed E-state index contributed by atoms with van der Waals surface area (Å²) in [6.07, 6.45) is 0. The van der Waals surface area contributed by atoms with Crippen LogP contribution < -0.4 is 9.47 Å². The maximum absolute atomic E-state index is 12.6. The number of thioether (sulfide) groups is 1. The molecule has 0 atom stereocenters. The summed E-state index contributed by atoms with van der Waals surface area (Å²) in [4.78, 5) is 19.2. The standard InChI is InChI=1S/C19H24N2O3S/c1-11(2)21(12(3)4)18(22)9-25-19-13(5)6-14-7-16-17(24-10-23-16)8-15(14)20-19/h6-8,11-12H,9-10H2,1-5H3. The van der Waals surface area contributed by atoms with Crippen molar-refractivity contribution < 1.29 is 14.3 Å². The van der Waals surface area contributed by atoms with Crippen LogP contribution in [0.4, 0.5) is 0 Å². The van der Waals surface area contributed by atoms with E-state index in [-0.39, 0.29) is 24.8 Å². The predicted molar refractivity (Wildman–Crippen MR) is 100 cm³/mol. The Hall–Kier alpha value is -1.95. The first-order valence-electron chi connectivity index (χ1n) is 8.51. The van der Waals surface area contributed by atoms with E-state index in [0.29, 0.717) is 5.75 Å². The van der Waals surface area contributed by atoms with Crippen LogP contribution in [0, 0.1) is 6.92 Å². The molecule has 5 nitrogen and oxygen atoms in total. The molecule has 0 unspecified atom stereocenters. The molecule has 1 aliphatic heterocycles. The topological polar surface area (TPSA) is 51.7 Å². The average Bonchev–Trinajstić information content (AvgIpc) is 2.97. The van der Waals surface area contributed by atoms with Crippen LogP contribution in [-0.4, -0.2) is 40.4 Å². The monoisotopic (exact) mass is 360 g/mol. The summed E-state index contributed by atoms with van der Waals surface area (Å²) in [5.74, 6) is 2.01. The number of carbonyl (C=O) groups excluding carboxylic acids is 1. The maximum Gasteiger partial charge on any atom is 0.233 e. The number of rotatable bonds is 5. The van der Waals surface area contributed by atoms with Gasteiger partial charge in [-0.15, -0.1) is 0 Å². The Kier molecular flexibility index (Phi) is 5.08. The van der Waals surface area contributed by atoms with Crippen molar-refractivity contribution in [2.45, 2.75) is 51.7 Å². The summed E-state index contributed by atoms with van der Waals surface area (Å²) in [5.41, 5.74) is 1.92.